The Morgan fingerprint density at radius 2 is 1.80 bits per heavy atom. The van der Waals surface area contributed by atoms with Crippen LogP contribution in [0, 0.1) is 10.8 Å². The Morgan fingerprint density at radius 1 is 1.20 bits per heavy atom. The van der Waals surface area contributed by atoms with Crippen LogP contribution >= 0.6 is 0 Å². The van der Waals surface area contributed by atoms with Crippen LogP contribution in [0.15, 0.2) is 0 Å². The number of carboxylic acid groups (broad SMARTS) is 1. The maximum atomic E-state index is 11.0. The van der Waals surface area contributed by atoms with Crippen LogP contribution in [-0.4, -0.2) is 43.3 Å². The summed E-state index contributed by atoms with van der Waals surface area (Å²) in [4.78, 5) is 21.7. The number of carbonyl (C=O) groups is 2. The Bertz CT molecular complexity index is 309. The molecule has 1 atom stereocenters. The van der Waals surface area contributed by atoms with E-state index in [4.69, 9.17) is 14.6 Å². The van der Waals surface area contributed by atoms with Crippen molar-refractivity contribution in [2.24, 2.45) is 10.8 Å². The Hall–Kier alpha value is -0.940. The number of rotatable bonds is 11. The van der Waals surface area contributed by atoms with Crippen molar-refractivity contribution in [3.8, 4) is 0 Å². The molecule has 0 aromatic rings. The maximum Gasteiger partial charge on any atom is 0.311 e. The monoisotopic (exact) mass is 288 g/mol. The van der Waals surface area contributed by atoms with E-state index >= 15 is 0 Å². The molecule has 0 aliphatic rings. The first kappa shape index (κ1) is 19.1. The van der Waals surface area contributed by atoms with E-state index in [1.807, 2.05) is 13.8 Å². The molecule has 0 aromatic carbocycles. The molecule has 1 unspecified atom stereocenters. The second kappa shape index (κ2) is 8.37. The van der Waals surface area contributed by atoms with Crippen LogP contribution in [-0.2, 0) is 19.1 Å². The van der Waals surface area contributed by atoms with E-state index in [1.54, 1.807) is 20.8 Å². The first-order valence-corrected chi connectivity index (χ1v) is 7.02. The fraction of sp³-hybridized carbons (Fsp3) is 0.867. The smallest absolute Gasteiger partial charge is 0.311 e. The third-order valence-corrected chi connectivity index (χ3v) is 3.58. The molecule has 0 radical (unpaired) electrons. The fourth-order valence-electron chi connectivity index (χ4n) is 1.30. The third-order valence-electron chi connectivity index (χ3n) is 3.58. The van der Waals surface area contributed by atoms with E-state index < -0.39 is 11.4 Å². The summed E-state index contributed by atoms with van der Waals surface area (Å²) in [5.74, 6) is -0.864. The number of carboxylic acids is 1. The van der Waals surface area contributed by atoms with Gasteiger partial charge in [-0.2, -0.15) is 0 Å². The molecule has 5 heteroatoms. The molecule has 0 fully saturated rings. The van der Waals surface area contributed by atoms with Gasteiger partial charge in [-0.25, -0.2) is 0 Å². The zero-order valence-electron chi connectivity index (χ0n) is 13.3. The summed E-state index contributed by atoms with van der Waals surface area (Å²) in [7, 11) is 0. The second-order valence-electron chi connectivity index (χ2n) is 6.36. The van der Waals surface area contributed by atoms with Gasteiger partial charge in [0.05, 0.1) is 11.5 Å². The highest BCUT2D eigenvalue weighted by atomic mass is 16.5. The van der Waals surface area contributed by atoms with Gasteiger partial charge < -0.3 is 19.4 Å². The Morgan fingerprint density at radius 3 is 2.30 bits per heavy atom. The van der Waals surface area contributed by atoms with Crippen LogP contribution in [0.5, 0.6) is 0 Å². The Labute approximate surface area is 121 Å². The first-order chi connectivity index (χ1) is 9.13. The first-order valence-electron chi connectivity index (χ1n) is 7.02. The molecular weight excluding hydrogens is 260 g/mol. The highest BCUT2D eigenvalue weighted by Gasteiger charge is 2.34. The number of carbonyl (C=O) groups excluding carboxylic acids is 1. The van der Waals surface area contributed by atoms with E-state index in [1.165, 1.54) is 0 Å². The second-order valence-corrected chi connectivity index (χ2v) is 6.36. The van der Waals surface area contributed by atoms with Crippen LogP contribution < -0.4 is 0 Å². The molecule has 0 amide bonds. The van der Waals surface area contributed by atoms with Gasteiger partial charge in [-0.15, -0.1) is 0 Å². The molecule has 20 heavy (non-hydrogen) atoms. The van der Waals surface area contributed by atoms with E-state index in [9.17, 15) is 9.59 Å². The summed E-state index contributed by atoms with van der Waals surface area (Å²) in [5.41, 5.74) is -1.23. The highest BCUT2D eigenvalue weighted by Crippen LogP contribution is 2.23. The van der Waals surface area contributed by atoms with Crippen molar-refractivity contribution in [1.29, 1.82) is 0 Å². The van der Waals surface area contributed by atoms with Crippen molar-refractivity contribution in [3.05, 3.63) is 0 Å². The molecule has 0 saturated heterocycles. The summed E-state index contributed by atoms with van der Waals surface area (Å²) < 4.78 is 11.0. The average Bonchev–Trinajstić information content (AvgIpc) is 2.36. The molecule has 118 valence electrons. The molecule has 0 aliphatic carbocycles. The predicted molar refractivity (Wildman–Crippen MR) is 76.7 cm³/mol. The summed E-state index contributed by atoms with van der Waals surface area (Å²) in [6.45, 7) is 10.4. The van der Waals surface area contributed by atoms with Crippen molar-refractivity contribution >= 4 is 12.3 Å². The summed E-state index contributed by atoms with van der Waals surface area (Å²) in [6.07, 6.45) is 1.99. The molecule has 0 saturated carbocycles. The van der Waals surface area contributed by atoms with Crippen LogP contribution in [0.25, 0.3) is 0 Å². The quantitative estimate of drug-likeness (QED) is 0.467. The van der Waals surface area contributed by atoms with Gasteiger partial charge in [0.15, 0.2) is 0 Å². The lowest BCUT2D eigenvalue weighted by Gasteiger charge is -2.27. The van der Waals surface area contributed by atoms with Gasteiger partial charge >= 0.3 is 5.97 Å². The maximum absolute atomic E-state index is 11.0. The molecule has 0 rings (SSSR count). The van der Waals surface area contributed by atoms with E-state index in [0.29, 0.717) is 32.7 Å². The molecule has 0 bridgehead atoms. The normalized spacial score (nSPS) is 14.1. The minimum Gasteiger partial charge on any atom is -0.481 e. The largest absolute Gasteiger partial charge is 0.481 e. The number of aldehydes is 1. The van der Waals surface area contributed by atoms with E-state index in [-0.39, 0.29) is 11.5 Å². The number of hydrogen-bond acceptors (Lipinski definition) is 4. The number of ether oxygens (including phenoxy) is 2. The molecule has 1 N–H and O–H groups in total. The van der Waals surface area contributed by atoms with Crippen molar-refractivity contribution in [2.45, 2.75) is 53.6 Å². The van der Waals surface area contributed by atoms with Crippen molar-refractivity contribution < 1.29 is 24.2 Å². The van der Waals surface area contributed by atoms with Crippen LogP contribution in [0.2, 0.25) is 0 Å². The molecular formula is C15H28O5. The molecule has 0 aromatic heterocycles. The SMILES string of the molecule is CC(OCCCOCCC(C)(C)C=O)C(C)(C)C(=O)O. The molecule has 0 aliphatic heterocycles. The van der Waals surface area contributed by atoms with Crippen molar-refractivity contribution in [2.75, 3.05) is 19.8 Å². The molecule has 0 heterocycles. The van der Waals surface area contributed by atoms with Crippen LogP contribution in [0.4, 0.5) is 0 Å². The lowest BCUT2D eigenvalue weighted by molar-refractivity contribution is -0.155. The Balaban J connectivity index is 3.68. The Kier molecular flexibility index (Phi) is 7.98. The zero-order valence-corrected chi connectivity index (χ0v) is 13.3. The zero-order chi connectivity index (χ0) is 15.8. The van der Waals surface area contributed by atoms with Gasteiger partial charge in [0.1, 0.15) is 6.29 Å². The lowest BCUT2D eigenvalue weighted by Crippen LogP contribution is -2.37. The standard InChI is InChI=1S/C15H28O5/c1-12(15(4,5)13(17)18)20-9-6-8-19-10-7-14(2,3)11-16/h11-12H,6-10H2,1-5H3,(H,17,18). The van der Waals surface area contributed by atoms with Gasteiger partial charge in [-0.3, -0.25) is 4.79 Å². The van der Waals surface area contributed by atoms with Gasteiger partial charge in [0, 0.05) is 25.2 Å². The van der Waals surface area contributed by atoms with E-state index in [0.717, 1.165) is 6.29 Å². The van der Waals surface area contributed by atoms with Gasteiger partial charge in [-0.1, -0.05) is 13.8 Å². The van der Waals surface area contributed by atoms with Crippen LogP contribution in [0.1, 0.15) is 47.5 Å². The minimum atomic E-state index is -0.894. The predicted octanol–water partition coefficient (Wildman–Crippen LogP) is 2.52. The summed E-state index contributed by atoms with van der Waals surface area (Å²) in [6, 6.07) is 0. The van der Waals surface area contributed by atoms with Gasteiger partial charge in [0.2, 0.25) is 0 Å². The summed E-state index contributed by atoms with van der Waals surface area (Å²) >= 11 is 0. The molecule has 5 nitrogen and oxygen atoms in total. The third kappa shape index (κ3) is 7.01. The topological polar surface area (TPSA) is 72.8 Å². The van der Waals surface area contributed by atoms with E-state index in [2.05, 4.69) is 0 Å². The average molecular weight is 288 g/mol. The van der Waals surface area contributed by atoms with Gasteiger partial charge in [-0.05, 0) is 33.6 Å². The lowest BCUT2D eigenvalue weighted by atomic mass is 9.88. The number of aliphatic carboxylic acids is 1. The minimum absolute atomic E-state index is 0.337. The number of hydrogen-bond donors (Lipinski definition) is 1. The van der Waals surface area contributed by atoms with Gasteiger partial charge in [0.25, 0.3) is 0 Å². The summed E-state index contributed by atoms with van der Waals surface area (Å²) in [5, 5.41) is 9.05. The van der Waals surface area contributed by atoms with Crippen LogP contribution in [0.3, 0.4) is 0 Å². The van der Waals surface area contributed by atoms with Crippen molar-refractivity contribution in [3.63, 3.8) is 0 Å². The van der Waals surface area contributed by atoms with Crippen molar-refractivity contribution in [1.82, 2.24) is 0 Å². The fourth-order valence-corrected chi connectivity index (χ4v) is 1.30. The molecule has 0 spiro atoms. The highest BCUT2D eigenvalue weighted by molar-refractivity contribution is 5.74.